The van der Waals surface area contributed by atoms with Crippen molar-refractivity contribution in [3.05, 3.63) is 24.3 Å². The van der Waals surface area contributed by atoms with Crippen molar-refractivity contribution in [1.82, 2.24) is 5.32 Å². The lowest BCUT2D eigenvalue weighted by Crippen LogP contribution is -2.45. The molecule has 0 saturated carbocycles. The Labute approximate surface area is 307 Å². The van der Waals surface area contributed by atoms with Gasteiger partial charge in [-0.3, -0.25) is 9.36 Å². The maximum Gasteiger partial charge on any atom is 0.268 e. The summed E-state index contributed by atoms with van der Waals surface area (Å²) in [6.07, 6.45) is 33.8. The summed E-state index contributed by atoms with van der Waals surface area (Å²) in [5, 5.41) is 13.7. The Hall–Kier alpha value is -1.06. The van der Waals surface area contributed by atoms with E-state index in [1.807, 2.05) is 27.2 Å². The number of allylic oxidation sites excluding steroid dienone is 2. The molecule has 3 unspecified atom stereocenters. The number of carbonyl (C=O) groups is 1. The maximum absolute atomic E-state index is 12.8. The van der Waals surface area contributed by atoms with E-state index >= 15 is 0 Å². The van der Waals surface area contributed by atoms with Crippen LogP contribution in [0.4, 0.5) is 0 Å². The van der Waals surface area contributed by atoms with E-state index in [0.717, 1.165) is 64.2 Å². The summed E-state index contributed by atoms with van der Waals surface area (Å²) in [5.41, 5.74) is 0. The molecule has 0 aromatic carbocycles. The molecule has 1 saturated heterocycles. The highest BCUT2D eigenvalue weighted by Gasteiger charge is 2.36. The molecule has 0 bridgehead atoms. The fourth-order valence-electron chi connectivity index (χ4n) is 5.92. The number of unbranched alkanes of at least 4 members (excludes halogenated alkanes) is 17. The molecular weight excluding hydrogens is 651 g/mol. The molecule has 0 aliphatic carbocycles. The SMILES string of the molecule is CCCCCCCCCCCC/C=C/[C@@H](O)[C@H](COP(=O)([O-])OCC[N+](C)(C)C)NC(=O)CCCCCCC/C=C\CC1OC1CCCCC. The normalized spacial score (nSPS) is 18.9. The lowest BCUT2D eigenvalue weighted by atomic mass is 10.1. The second-order valence-electron chi connectivity index (χ2n) is 15.4. The summed E-state index contributed by atoms with van der Waals surface area (Å²) in [6.45, 7) is 4.57. The molecule has 0 aromatic heterocycles. The lowest BCUT2D eigenvalue weighted by Gasteiger charge is -2.29. The number of likely N-dealkylation sites (N-methyl/N-ethyl adjacent to an activating group) is 1. The molecule has 5 atom stereocenters. The number of amides is 1. The van der Waals surface area contributed by atoms with E-state index in [-0.39, 0.29) is 19.1 Å². The Bertz CT molecular complexity index is 939. The fraction of sp³-hybridized carbons (Fsp3) is 0.875. The van der Waals surface area contributed by atoms with Gasteiger partial charge in [-0.05, 0) is 44.9 Å². The van der Waals surface area contributed by atoms with Crippen LogP contribution >= 0.6 is 7.82 Å². The van der Waals surface area contributed by atoms with Gasteiger partial charge in [0.1, 0.15) is 13.2 Å². The first-order valence-corrected chi connectivity index (χ1v) is 21.8. The molecule has 0 aromatic rings. The summed E-state index contributed by atoms with van der Waals surface area (Å²) in [6, 6.07) is -0.893. The molecule has 2 N–H and O–H groups in total. The van der Waals surface area contributed by atoms with E-state index in [4.69, 9.17) is 13.8 Å². The average molecular weight is 729 g/mol. The van der Waals surface area contributed by atoms with Crippen molar-refractivity contribution in [2.24, 2.45) is 0 Å². The first-order chi connectivity index (χ1) is 24.0. The topological polar surface area (TPSA) is 120 Å². The van der Waals surface area contributed by atoms with Gasteiger partial charge < -0.3 is 33.6 Å². The second-order valence-corrected chi connectivity index (χ2v) is 16.8. The Kier molecular flexibility index (Phi) is 27.6. The molecule has 0 radical (unpaired) electrons. The highest BCUT2D eigenvalue weighted by atomic mass is 31.2. The monoisotopic (exact) mass is 729 g/mol. The van der Waals surface area contributed by atoms with Crippen molar-refractivity contribution in [2.75, 3.05) is 40.9 Å². The van der Waals surface area contributed by atoms with Crippen LogP contribution in [0.25, 0.3) is 0 Å². The van der Waals surface area contributed by atoms with Crippen LogP contribution < -0.4 is 10.2 Å². The summed E-state index contributed by atoms with van der Waals surface area (Å²) < 4.78 is 28.9. The van der Waals surface area contributed by atoms with Crippen molar-refractivity contribution in [3.8, 4) is 0 Å². The van der Waals surface area contributed by atoms with Crippen LogP contribution in [-0.2, 0) is 23.1 Å². The van der Waals surface area contributed by atoms with Gasteiger partial charge in [0.2, 0.25) is 5.91 Å². The van der Waals surface area contributed by atoms with E-state index in [0.29, 0.717) is 29.7 Å². The molecule has 0 spiro atoms. The molecule has 1 aliphatic rings. The van der Waals surface area contributed by atoms with Crippen LogP contribution in [0.15, 0.2) is 24.3 Å². The average Bonchev–Trinajstić information content (AvgIpc) is 3.81. The summed E-state index contributed by atoms with van der Waals surface area (Å²) in [7, 11) is 1.24. The number of phosphoric acid groups is 1. The molecule has 1 heterocycles. The van der Waals surface area contributed by atoms with Gasteiger partial charge in [-0.2, -0.15) is 0 Å². The minimum atomic E-state index is -4.59. The summed E-state index contributed by atoms with van der Waals surface area (Å²) >= 11 is 0. The van der Waals surface area contributed by atoms with Crippen LogP contribution in [0.2, 0.25) is 0 Å². The van der Waals surface area contributed by atoms with Gasteiger partial charge in [0.05, 0.1) is 52.1 Å². The third kappa shape index (κ3) is 28.5. The Balaban J connectivity index is 2.36. The predicted octanol–water partition coefficient (Wildman–Crippen LogP) is 8.93. The first-order valence-electron chi connectivity index (χ1n) is 20.3. The van der Waals surface area contributed by atoms with Crippen LogP contribution in [0.5, 0.6) is 0 Å². The number of aliphatic hydroxyl groups excluding tert-OH is 1. The third-order valence-corrected chi connectivity index (χ3v) is 10.3. The number of nitrogens with one attached hydrogen (secondary N) is 1. The third-order valence-electron chi connectivity index (χ3n) is 9.33. The van der Waals surface area contributed by atoms with Gasteiger partial charge >= 0.3 is 0 Å². The van der Waals surface area contributed by atoms with E-state index in [1.165, 1.54) is 77.0 Å². The predicted molar refractivity (Wildman–Crippen MR) is 205 cm³/mol. The van der Waals surface area contributed by atoms with Gasteiger partial charge in [-0.15, -0.1) is 0 Å². The number of rotatable bonds is 35. The first kappa shape index (κ1) is 47.0. The standard InChI is InChI=1S/C40H77N2O7P/c1-6-8-10-11-12-13-14-15-16-19-22-26-29-37(43)36(35-48-50(45,46)47-34-33-42(3,4)5)41-40(44)32-28-24-21-18-17-20-23-27-31-39-38(49-39)30-25-9-7-2/h23,26-27,29,36-39,43H,6-22,24-25,28,30-35H2,1-5H3,(H-,41,44,45,46)/b27-23-,29-26+/t36-,37+,38?,39?/m0/s1. The van der Waals surface area contributed by atoms with Gasteiger partial charge in [-0.25, -0.2) is 0 Å². The number of phosphoric ester groups is 1. The van der Waals surface area contributed by atoms with Gasteiger partial charge in [-0.1, -0.05) is 134 Å². The zero-order valence-electron chi connectivity index (χ0n) is 32.8. The van der Waals surface area contributed by atoms with Crippen molar-refractivity contribution >= 4 is 13.7 Å². The summed E-state index contributed by atoms with van der Waals surface area (Å²) in [5.74, 6) is -0.217. The zero-order chi connectivity index (χ0) is 36.9. The highest BCUT2D eigenvalue weighted by molar-refractivity contribution is 7.45. The molecule has 9 nitrogen and oxygen atoms in total. The molecule has 1 amide bonds. The van der Waals surface area contributed by atoms with Gasteiger partial charge in [0, 0.05) is 6.42 Å². The maximum atomic E-state index is 12.8. The molecule has 50 heavy (non-hydrogen) atoms. The Morgan fingerprint density at radius 2 is 1.36 bits per heavy atom. The van der Waals surface area contributed by atoms with E-state index in [2.05, 4.69) is 31.3 Å². The van der Waals surface area contributed by atoms with Crippen molar-refractivity contribution in [3.63, 3.8) is 0 Å². The van der Waals surface area contributed by atoms with Crippen LogP contribution in [-0.4, -0.2) is 80.8 Å². The smallest absolute Gasteiger partial charge is 0.268 e. The number of carbonyl (C=O) groups excluding carboxylic acids is 1. The molecular formula is C40H77N2O7P. The molecule has 1 rings (SSSR count). The number of nitrogens with zero attached hydrogens (tertiary/aromatic N) is 1. The van der Waals surface area contributed by atoms with E-state index in [9.17, 15) is 19.4 Å². The number of ether oxygens (including phenoxy) is 1. The second kappa shape index (κ2) is 29.4. The molecule has 1 fully saturated rings. The van der Waals surface area contributed by atoms with Gasteiger partial charge in [0.15, 0.2) is 0 Å². The number of aliphatic hydroxyl groups is 1. The molecule has 1 aliphatic heterocycles. The summed E-state index contributed by atoms with van der Waals surface area (Å²) in [4.78, 5) is 25.2. The molecule has 10 heteroatoms. The molecule has 294 valence electrons. The van der Waals surface area contributed by atoms with Crippen molar-refractivity contribution < 1.29 is 37.6 Å². The minimum Gasteiger partial charge on any atom is -0.756 e. The van der Waals surface area contributed by atoms with Crippen LogP contribution in [0, 0.1) is 0 Å². The van der Waals surface area contributed by atoms with E-state index in [1.54, 1.807) is 6.08 Å². The quantitative estimate of drug-likeness (QED) is 0.0220. The van der Waals surface area contributed by atoms with Gasteiger partial charge in [0.25, 0.3) is 7.82 Å². The van der Waals surface area contributed by atoms with E-state index < -0.39 is 20.0 Å². The largest absolute Gasteiger partial charge is 0.756 e. The van der Waals surface area contributed by atoms with Crippen molar-refractivity contribution in [2.45, 2.75) is 186 Å². The zero-order valence-corrected chi connectivity index (χ0v) is 33.7. The number of hydrogen-bond acceptors (Lipinski definition) is 7. The Morgan fingerprint density at radius 1 is 0.800 bits per heavy atom. The Morgan fingerprint density at radius 3 is 1.98 bits per heavy atom. The van der Waals surface area contributed by atoms with Crippen molar-refractivity contribution in [1.29, 1.82) is 0 Å². The number of epoxide rings is 1. The minimum absolute atomic E-state index is 0.00601. The number of quaternary nitrogens is 1. The number of hydrogen-bond donors (Lipinski definition) is 2. The van der Waals surface area contributed by atoms with Crippen LogP contribution in [0.3, 0.4) is 0 Å². The highest BCUT2D eigenvalue weighted by Crippen LogP contribution is 2.38. The van der Waals surface area contributed by atoms with Crippen LogP contribution in [0.1, 0.15) is 162 Å². The lowest BCUT2D eigenvalue weighted by molar-refractivity contribution is -0.870. The fourth-order valence-corrected chi connectivity index (χ4v) is 6.64.